The minimum atomic E-state index is -3.31. The molecule has 0 unspecified atom stereocenters. The molecule has 0 atom stereocenters. The Bertz CT molecular complexity index is 532. The third kappa shape index (κ3) is 4.06. The van der Waals surface area contributed by atoms with Crippen LogP contribution in [0.3, 0.4) is 0 Å². The Morgan fingerprint density at radius 1 is 1.33 bits per heavy atom. The summed E-state index contributed by atoms with van der Waals surface area (Å²) in [6, 6.07) is 1.76. The van der Waals surface area contributed by atoms with Gasteiger partial charge in [0.25, 0.3) is 0 Å². The zero-order chi connectivity index (χ0) is 15.3. The summed E-state index contributed by atoms with van der Waals surface area (Å²) in [4.78, 5) is 1.44. The van der Waals surface area contributed by atoms with Crippen LogP contribution in [0.2, 0.25) is 0 Å². The topological polar surface area (TPSA) is 49.4 Å². The Hall–Kier alpha value is -0.430. The van der Waals surface area contributed by atoms with Crippen molar-refractivity contribution in [3.63, 3.8) is 0 Å². The largest absolute Gasteiger partial charge is 0.312 e. The molecule has 4 nitrogen and oxygen atoms in total. The van der Waals surface area contributed by atoms with Crippen LogP contribution in [0.15, 0.2) is 16.3 Å². The molecule has 1 N–H and O–H groups in total. The molecule has 0 bridgehead atoms. The third-order valence-electron chi connectivity index (χ3n) is 4.19. The number of thiophene rings is 1. The van der Waals surface area contributed by atoms with Crippen molar-refractivity contribution in [2.24, 2.45) is 5.92 Å². The van der Waals surface area contributed by atoms with Gasteiger partial charge in [0.15, 0.2) is 0 Å². The molecule has 2 heterocycles. The van der Waals surface area contributed by atoms with E-state index in [0.717, 1.165) is 37.1 Å². The number of hydrogen-bond donors (Lipinski definition) is 1. The maximum absolute atomic E-state index is 12.8. The first kappa shape index (κ1) is 16.9. The highest BCUT2D eigenvalue weighted by Gasteiger charge is 2.30. The molecule has 1 aliphatic rings. The molecule has 0 radical (unpaired) electrons. The summed E-state index contributed by atoms with van der Waals surface area (Å²) in [5.74, 6) is 0.685. The summed E-state index contributed by atoms with van der Waals surface area (Å²) in [5.41, 5.74) is 0. The van der Waals surface area contributed by atoms with E-state index in [1.54, 1.807) is 10.4 Å². The number of nitrogens with zero attached hydrogens (tertiary/aromatic N) is 1. The molecular weight excluding hydrogens is 304 g/mol. The summed E-state index contributed by atoms with van der Waals surface area (Å²) in [5, 5.41) is 5.18. The number of nitrogens with one attached hydrogen (secondary N) is 1. The molecule has 21 heavy (non-hydrogen) atoms. The molecule has 0 aliphatic carbocycles. The molecule has 1 aromatic heterocycles. The molecule has 0 spiro atoms. The zero-order valence-electron chi connectivity index (χ0n) is 13.0. The highest BCUT2D eigenvalue weighted by molar-refractivity contribution is 7.89. The van der Waals surface area contributed by atoms with Gasteiger partial charge in [-0.2, -0.15) is 4.31 Å². The Balaban J connectivity index is 2.08. The first-order valence-corrected chi connectivity index (χ1v) is 10.2. The van der Waals surface area contributed by atoms with E-state index in [0.29, 0.717) is 30.4 Å². The van der Waals surface area contributed by atoms with E-state index < -0.39 is 10.0 Å². The molecule has 1 saturated heterocycles. The quantitative estimate of drug-likeness (QED) is 0.782. The summed E-state index contributed by atoms with van der Waals surface area (Å²) in [6.45, 7) is 7.18. The van der Waals surface area contributed by atoms with Crippen molar-refractivity contribution in [2.75, 3.05) is 19.6 Å². The molecule has 1 aliphatic heterocycles. The van der Waals surface area contributed by atoms with Crippen molar-refractivity contribution in [3.8, 4) is 0 Å². The van der Waals surface area contributed by atoms with Gasteiger partial charge in [-0.05, 0) is 43.2 Å². The van der Waals surface area contributed by atoms with E-state index in [9.17, 15) is 8.42 Å². The molecule has 2 rings (SSSR count). The predicted molar refractivity (Wildman–Crippen MR) is 88.1 cm³/mol. The molecule has 0 aromatic carbocycles. The van der Waals surface area contributed by atoms with E-state index in [2.05, 4.69) is 19.2 Å². The monoisotopic (exact) mass is 330 g/mol. The molecule has 120 valence electrons. The Labute approximate surface area is 132 Å². The summed E-state index contributed by atoms with van der Waals surface area (Å²) >= 11 is 1.53. The van der Waals surface area contributed by atoms with Crippen LogP contribution in [0, 0.1) is 5.92 Å². The second-order valence-corrected chi connectivity index (χ2v) is 8.55. The molecule has 0 saturated carbocycles. The van der Waals surface area contributed by atoms with Gasteiger partial charge in [0.05, 0.1) is 4.90 Å². The van der Waals surface area contributed by atoms with Crippen LogP contribution in [-0.2, 0) is 16.6 Å². The van der Waals surface area contributed by atoms with Gasteiger partial charge in [-0.25, -0.2) is 8.42 Å². The first-order chi connectivity index (χ1) is 10.1. The standard InChI is InChI=1S/C15H26N2O2S2/c1-3-8-16-12-14-15(7-11-20-14)21(18,19)17-9-5-13(4-2)6-10-17/h7,11,13,16H,3-6,8-10,12H2,1-2H3. The average Bonchev–Trinajstić information content (AvgIpc) is 2.97. The lowest BCUT2D eigenvalue weighted by Gasteiger charge is -2.30. The van der Waals surface area contributed by atoms with Crippen molar-refractivity contribution >= 4 is 21.4 Å². The minimum Gasteiger partial charge on any atom is -0.312 e. The Kier molecular flexibility index (Phi) is 6.22. The van der Waals surface area contributed by atoms with Gasteiger partial charge in [-0.15, -0.1) is 11.3 Å². The molecule has 1 fully saturated rings. The van der Waals surface area contributed by atoms with Crippen molar-refractivity contribution < 1.29 is 8.42 Å². The van der Waals surface area contributed by atoms with Crippen molar-refractivity contribution in [1.82, 2.24) is 9.62 Å². The van der Waals surface area contributed by atoms with Gasteiger partial charge in [-0.1, -0.05) is 20.3 Å². The van der Waals surface area contributed by atoms with Gasteiger partial charge in [-0.3, -0.25) is 0 Å². The molecular formula is C15H26N2O2S2. The predicted octanol–water partition coefficient (Wildman–Crippen LogP) is 3.06. The van der Waals surface area contributed by atoms with E-state index in [1.165, 1.54) is 11.3 Å². The SMILES string of the molecule is CCCNCc1sccc1S(=O)(=O)N1CCC(CC)CC1. The van der Waals surface area contributed by atoms with Crippen LogP contribution in [0.25, 0.3) is 0 Å². The van der Waals surface area contributed by atoms with Gasteiger partial charge < -0.3 is 5.32 Å². The molecule has 1 aromatic rings. The first-order valence-electron chi connectivity index (χ1n) is 7.86. The fourth-order valence-electron chi connectivity index (χ4n) is 2.76. The summed E-state index contributed by atoms with van der Waals surface area (Å²) < 4.78 is 27.3. The number of piperidine rings is 1. The lowest BCUT2D eigenvalue weighted by molar-refractivity contribution is 0.269. The third-order valence-corrected chi connectivity index (χ3v) is 7.22. The number of rotatable bonds is 7. The average molecular weight is 331 g/mol. The maximum atomic E-state index is 12.8. The van der Waals surface area contributed by atoms with E-state index in [-0.39, 0.29) is 0 Å². The fourth-order valence-corrected chi connectivity index (χ4v) is 5.62. The lowest BCUT2D eigenvalue weighted by atomic mass is 9.96. The Morgan fingerprint density at radius 2 is 2.05 bits per heavy atom. The van der Waals surface area contributed by atoms with Crippen molar-refractivity contribution in [1.29, 1.82) is 0 Å². The van der Waals surface area contributed by atoms with Crippen LogP contribution in [-0.4, -0.2) is 32.4 Å². The van der Waals surface area contributed by atoms with E-state index in [1.807, 2.05) is 5.38 Å². The van der Waals surface area contributed by atoms with Crippen molar-refractivity contribution in [3.05, 3.63) is 16.3 Å². The molecule has 0 amide bonds. The van der Waals surface area contributed by atoms with E-state index in [4.69, 9.17) is 0 Å². The number of sulfonamides is 1. The second-order valence-electron chi connectivity index (χ2n) is 5.64. The highest BCUT2D eigenvalue weighted by Crippen LogP contribution is 2.29. The molecule has 6 heteroatoms. The summed E-state index contributed by atoms with van der Waals surface area (Å²) in [7, 11) is -3.31. The van der Waals surface area contributed by atoms with E-state index >= 15 is 0 Å². The highest BCUT2D eigenvalue weighted by atomic mass is 32.2. The number of hydrogen-bond acceptors (Lipinski definition) is 4. The van der Waals surface area contributed by atoms with Crippen LogP contribution in [0.1, 0.15) is 44.4 Å². The van der Waals surface area contributed by atoms with Gasteiger partial charge in [0.1, 0.15) is 0 Å². The lowest BCUT2D eigenvalue weighted by Crippen LogP contribution is -2.38. The summed E-state index contributed by atoms with van der Waals surface area (Å²) in [6.07, 6.45) is 4.18. The minimum absolute atomic E-state index is 0.506. The van der Waals surface area contributed by atoms with Gasteiger partial charge in [0.2, 0.25) is 10.0 Å². The van der Waals surface area contributed by atoms with Crippen molar-refractivity contribution in [2.45, 2.75) is 51.0 Å². The normalized spacial score (nSPS) is 18.2. The smallest absolute Gasteiger partial charge is 0.244 e. The van der Waals surface area contributed by atoms with Crippen LogP contribution >= 0.6 is 11.3 Å². The second kappa shape index (κ2) is 7.72. The van der Waals surface area contributed by atoms with Crippen LogP contribution in [0.4, 0.5) is 0 Å². The zero-order valence-corrected chi connectivity index (χ0v) is 14.6. The Morgan fingerprint density at radius 3 is 2.67 bits per heavy atom. The van der Waals surface area contributed by atoms with Crippen LogP contribution < -0.4 is 5.32 Å². The van der Waals surface area contributed by atoms with Gasteiger partial charge >= 0.3 is 0 Å². The fraction of sp³-hybridized carbons (Fsp3) is 0.733. The maximum Gasteiger partial charge on any atom is 0.244 e. The van der Waals surface area contributed by atoms with Gasteiger partial charge in [0, 0.05) is 24.5 Å². The van der Waals surface area contributed by atoms with Crippen LogP contribution in [0.5, 0.6) is 0 Å².